The molecule has 0 spiro atoms. The van der Waals surface area contributed by atoms with Crippen LogP contribution in [0.15, 0.2) is 42.5 Å². The van der Waals surface area contributed by atoms with Crippen LogP contribution >= 0.6 is 0 Å². The third-order valence-electron chi connectivity index (χ3n) is 3.77. The smallest absolute Gasteiger partial charge is 0.186 e. The maximum atomic E-state index is 9.20. The van der Waals surface area contributed by atoms with Gasteiger partial charge in [-0.05, 0) is 24.3 Å². The van der Waals surface area contributed by atoms with Gasteiger partial charge in [0.15, 0.2) is 5.69 Å². The van der Waals surface area contributed by atoms with Crippen molar-refractivity contribution < 1.29 is 0 Å². The molecule has 20 heavy (non-hydrogen) atoms. The topological polar surface area (TPSA) is 54.5 Å². The second-order valence-electron chi connectivity index (χ2n) is 5.12. The van der Waals surface area contributed by atoms with Gasteiger partial charge in [-0.3, -0.25) is 0 Å². The lowest BCUT2D eigenvalue weighted by Gasteiger charge is -2.09. The molecule has 4 nitrogen and oxygen atoms in total. The molecule has 0 N–H and O–H groups in total. The fourth-order valence-corrected chi connectivity index (χ4v) is 2.66. The summed E-state index contributed by atoms with van der Waals surface area (Å²) >= 11 is 0. The van der Waals surface area contributed by atoms with E-state index in [0.29, 0.717) is 11.6 Å². The summed E-state index contributed by atoms with van der Waals surface area (Å²) < 4.78 is 1.85. The van der Waals surface area contributed by atoms with Crippen molar-refractivity contribution in [3.05, 3.63) is 53.9 Å². The second-order valence-corrected chi connectivity index (χ2v) is 5.12. The Morgan fingerprint density at radius 3 is 2.70 bits per heavy atom. The van der Waals surface area contributed by atoms with Gasteiger partial charge in [-0.25, -0.2) is 4.68 Å². The maximum Gasteiger partial charge on any atom is 0.186 e. The normalized spacial score (nSPS) is 14.3. The van der Waals surface area contributed by atoms with Crippen LogP contribution in [-0.4, -0.2) is 15.0 Å². The highest BCUT2D eigenvalue weighted by Gasteiger charge is 2.32. The average molecular weight is 260 g/mol. The number of aromatic nitrogens is 3. The molecule has 1 aliphatic carbocycles. The summed E-state index contributed by atoms with van der Waals surface area (Å²) in [5, 5.41) is 19.7. The van der Waals surface area contributed by atoms with Crippen molar-refractivity contribution in [2.45, 2.75) is 18.8 Å². The Hall–Kier alpha value is -2.67. The molecule has 0 saturated heterocycles. The van der Waals surface area contributed by atoms with E-state index in [1.54, 1.807) is 0 Å². The van der Waals surface area contributed by atoms with Crippen LogP contribution in [0.25, 0.3) is 16.5 Å². The third kappa shape index (κ3) is 1.60. The predicted octanol–water partition coefficient (Wildman–Crippen LogP) is 3.17. The maximum absolute atomic E-state index is 9.20. The molecule has 1 aromatic heterocycles. The minimum atomic E-state index is 0.429. The number of hydrogen-bond acceptors (Lipinski definition) is 3. The molecule has 0 radical (unpaired) electrons. The van der Waals surface area contributed by atoms with Gasteiger partial charge in [-0.2, -0.15) is 5.26 Å². The van der Waals surface area contributed by atoms with Crippen LogP contribution in [0.4, 0.5) is 0 Å². The summed E-state index contributed by atoms with van der Waals surface area (Å²) in [6, 6.07) is 16.5. The van der Waals surface area contributed by atoms with Crippen molar-refractivity contribution in [2.75, 3.05) is 0 Å². The molecule has 96 valence electrons. The number of benzene rings is 2. The van der Waals surface area contributed by atoms with Gasteiger partial charge < -0.3 is 0 Å². The highest BCUT2D eigenvalue weighted by atomic mass is 15.4. The summed E-state index contributed by atoms with van der Waals surface area (Å²) in [6.07, 6.45) is 2.24. The number of nitrogens with zero attached hydrogens (tertiary/aromatic N) is 4. The Morgan fingerprint density at radius 1 is 1.10 bits per heavy atom. The van der Waals surface area contributed by atoms with Crippen molar-refractivity contribution in [2.24, 2.45) is 0 Å². The van der Waals surface area contributed by atoms with Gasteiger partial charge in [0.25, 0.3) is 0 Å². The minimum absolute atomic E-state index is 0.429. The largest absolute Gasteiger partial charge is 0.215 e. The Balaban J connectivity index is 2.01. The molecular weight excluding hydrogens is 248 g/mol. The lowest BCUT2D eigenvalue weighted by molar-refractivity contribution is 0.768. The van der Waals surface area contributed by atoms with Gasteiger partial charge >= 0.3 is 0 Å². The van der Waals surface area contributed by atoms with Crippen LogP contribution in [0.1, 0.15) is 30.1 Å². The summed E-state index contributed by atoms with van der Waals surface area (Å²) in [5.74, 6) is 0.429. The standard InChI is InChI=1S/C16H12N4/c17-10-14-16(12-8-9-12)20(19-18-14)15-7-3-5-11-4-1-2-6-13(11)15/h1-7,12H,8-9H2. The molecule has 0 amide bonds. The van der Waals surface area contributed by atoms with E-state index in [9.17, 15) is 5.26 Å². The summed E-state index contributed by atoms with van der Waals surface area (Å²) in [6.45, 7) is 0. The summed E-state index contributed by atoms with van der Waals surface area (Å²) in [5.41, 5.74) is 2.42. The van der Waals surface area contributed by atoms with Crippen LogP contribution in [0, 0.1) is 11.3 Å². The SMILES string of the molecule is N#Cc1nnn(-c2cccc3ccccc23)c1C1CC1. The molecule has 3 aromatic rings. The van der Waals surface area contributed by atoms with Gasteiger partial charge in [0.05, 0.1) is 11.4 Å². The van der Waals surface area contributed by atoms with E-state index < -0.39 is 0 Å². The number of rotatable bonds is 2. The van der Waals surface area contributed by atoms with Crippen molar-refractivity contribution in [1.82, 2.24) is 15.0 Å². The van der Waals surface area contributed by atoms with E-state index in [1.807, 2.05) is 28.9 Å². The Kier molecular flexibility index (Phi) is 2.33. The molecule has 0 atom stereocenters. The van der Waals surface area contributed by atoms with Gasteiger partial charge in [-0.15, -0.1) is 5.10 Å². The molecule has 4 rings (SSSR count). The molecule has 4 heteroatoms. The Labute approximate surface area is 116 Å². The van der Waals surface area contributed by atoms with Crippen LogP contribution < -0.4 is 0 Å². The molecule has 0 unspecified atom stereocenters. The van der Waals surface area contributed by atoms with Crippen LogP contribution in [0.2, 0.25) is 0 Å². The van der Waals surface area contributed by atoms with Crippen LogP contribution in [-0.2, 0) is 0 Å². The van der Waals surface area contributed by atoms with E-state index in [-0.39, 0.29) is 0 Å². The quantitative estimate of drug-likeness (QED) is 0.711. The Bertz CT molecular complexity index is 832. The van der Waals surface area contributed by atoms with Crippen molar-refractivity contribution in [3.8, 4) is 11.8 Å². The zero-order valence-corrected chi connectivity index (χ0v) is 10.8. The molecule has 1 saturated carbocycles. The molecule has 2 aromatic carbocycles. The van der Waals surface area contributed by atoms with Crippen molar-refractivity contribution in [1.29, 1.82) is 5.26 Å². The lowest BCUT2D eigenvalue weighted by atomic mass is 10.1. The Morgan fingerprint density at radius 2 is 1.90 bits per heavy atom. The van der Waals surface area contributed by atoms with E-state index in [4.69, 9.17) is 0 Å². The van der Waals surface area contributed by atoms with E-state index in [2.05, 4.69) is 34.6 Å². The first-order valence-corrected chi connectivity index (χ1v) is 6.72. The first-order chi connectivity index (χ1) is 9.88. The van der Waals surface area contributed by atoms with Crippen molar-refractivity contribution >= 4 is 10.8 Å². The number of nitriles is 1. The number of fused-ring (bicyclic) bond motifs is 1. The summed E-state index contributed by atoms with van der Waals surface area (Å²) in [4.78, 5) is 0. The van der Waals surface area contributed by atoms with Gasteiger partial charge in [0.2, 0.25) is 0 Å². The highest BCUT2D eigenvalue weighted by Crippen LogP contribution is 2.42. The fraction of sp³-hybridized carbons (Fsp3) is 0.188. The first kappa shape index (κ1) is 11.2. The van der Waals surface area contributed by atoms with Crippen molar-refractivity contribution in [3.63, 3.8) is 0 Å². The van der Waals surface area contributed by atoms with E-state index in [0.717, 1.165) is 29.6 Å². The molecule has 1 fully saturated rings. The van der Waals surface area contributed by atoms with E-state index >= 15 is 0 Å². The number of hydrogen-bond donors (Lipinski definition) is 0. The van der Waals surface area contributed by atoms with Crippen LogP contribution in [0.3, 0.4) is 0 Å². The summed E-state index contributed by atoms with van der Waals surface area (Å²) in [7, 11) is 0. The molecule has 0 aliphatic heterocycles. The third-order valence-corrected chi connectivity index (χ3v) is 3.77. The van der Waals surface area contributed by atoms with Gasteiger partial charge in [0, 0.05) is 11.3 Å². The molecule has 1 heterocycles. The molecular formula is C16H12N4. The van der Waals surface area contributed by atoms with E-state index in [1.165, 1.54) is 5.39 Å². The van der Waals surface area contributed by atoms with Gasteiger partial charge in [0.1, 0.15) is 6.07 Å². The average Bonchev–Trinajstić information content (AvgIpc) is 3.25. The molecule has 0 bridgehead atoms. The lowest BCUT2D eigenvalue weighted by Crippen LogP contribution is -2.02. The zero-order valence-electron chi connectivity index (χ0n) is 10.8. The molecule has 1 aliphatic rings. The predicted molar refractivity (Wildman–Crippen MR) is 75.6 cm³/mol. The zero-order chi connectivity index (χ0) is 13.5. The monoisotopic (exact) mass is 260 g/mol. The van der Waals surface area contributed by atoms with Gasteiger partial charge in [-0.1, -0.05) is 41.6 Å². The highest BCUT2D eigenvalue weighted by molar-refractivity contribution is 5.90. The first-order valence-electron chi connectivity index (χ1n) is 6.72. The minimum Gasteiger partial charge on any atom is -0.215 e. The fourth-order valence-electron chi connectivity index (χ4n) is 2.66. The second kappa shape index (κ2) is 4.17. The van der Waals surface area contributed by atoms with Crippen LogP contribution in [0.5, 0.6) is 0 Å².